The van der Waals surface area contributed by atoms with E-state index in [4.69, 9.17) is 5.73 Å². The molecular formula is C9H18F2N2O. The molecule has 1 amide bonds. The molecule has 0 unspecified atom stereocenters. The molecule has 0 aromatic heterocycles. The molecule has 84 valence electrons. The van der Waals surface area contributed by atoms with Crippen LogP contribution in [0.15, 0.2) is 0 Å². The Bertz CT molecular complexity index is 205. The van der Waals surface area contributed by atoms with Crippen LogP contribution >= 0.6 is 0 Å². The van der Waals surface area contributed by atoms with Crippen molar-refractivity contribution in [2.75, 3.05) is 13.1 Å². The van der Waals surface area contributed by atoms with E-state index in [0.29, 0.717) is 6.42 Å². The van der Waals surface area contributed by atoms with E-state index in [9.17, 15) is 13.6 Å². The maximum Gasteiger partial charge on any atom is 0.277 e. The van der Waals surface area contributed by atoms with E-state index in [-0.39, 0.29) is 5.91 Å². The molecule has 0 aliphatic heterocycles. The minimum Gasteiger partial charge on any atom is -0.350 e. The van der Waals surface area contributed by atoms with Crippen molar-refractivity contribution >= 4 is 5.91 Å². The third kappa shape index (κ3) is 4.00. The number of carbonyl (C=O) groups is 1. The highest BCUT2D eigenvalue weighted by Gasteiger charge is 2.31. The molecule has 5 heteroatoms. The average molecular weight is 208 g/mol. The molecule has 0 aliphatic rings. The highest BCUT2D eigenvalue weighted by molar-refractivity contribution is 5.81. The van der Waals surface area contributed by atoms with E-state index in [1.54, 1.807) is 13.8 Å². The number of hydrogen-bond acceptors (Lipinski definition) is 2. The van der Waals surface area contributed by atoms with E-state index in [0.717, 1.165) is 0 Å². The first-order chi connectivity index (χ1) is 6.25. The fraction of sp³-hybridized carbons (Fsp3) is 0.889. The fourth-order valence-electron chi connectivity index (χ4n) is 0.682. The molecule has 0 fully saturated rings. The van der Waals surface area contributed by atoms with Gasteiger partial charge in [-0.15, -0.1) is 0 Å². The minimum absolute atomic E-state index is 0.367. The molecule has 0 heterocycles. The van der Waals surface area contributed by atoms with Crippen LogP contribution in [0.2, 0.25) is 0 Å². The van der Waals surface area contributed by atoms with Crippen molar-refractivity contribution in [3.63, 3.8) is 0 Å². The number of carbonyl (C=O) groups excluding carboxylic acids is 1. The number of alkyl halides is 2. The van der Waals surface area contributed by atoms with Crippen molar-refractivity contribution in [2.45, 2.75) is 33.1 Å². The number of hydrogen-bond donors (Lipinski definition) is 2. The smallest absolute Gasteiger partial charge is 0.277 e. The molecule has 0 atom stereocenters. The molecule has 0 radical (unpaired) electrons. The second-order valence-corrected chi connectivity index (χ2v) is 3.98. The summed E-state index contributed by atoms with van der Waals surface area (Å²) < 4.78 is 25.3. The van der Waals surface area contributed by atoms with Gasteiger partial charge in [-0.25, -0.2) is 8.78 Å². The van der Waals surface area contributed by atoms with Crippen molar-refractivity contribution in [3.05, 3.63) is 0 Å². The predicted octanol–water partition coefficient (Wildman–Crippen LogP) is 1.13. The van der Waals surface area contributed by atoms with Crippen LogP contribution in [0.4, 0.5) is 8.78 Å². The first kappa shape index (κ1) is 13.3. The third-order valence-corrected chi connectivity index (χ3v) is 2.30. The zero-order valence-corrected chi connectivity index (χ0v) is 8.86. The third-order valence-electron chi connectivity index (χ3n) is 2.30. The lowest BCUT2D eigenvalue weighted by atomic mass is 9.89. The average Bonchev–Trinajstić information content (AvgIpc) is 2.14. The highest BCUT2D eigenvalue weighted by Crippen LogP contribution is 2.20. The molecule has 0 rings (SSSR count). The number of nitrogens with one attached hydrogen (secondary N) is 1. The van der Waals surface area contributed by atoms with E-state index >= 15 is 0 Å². The van der Waals surface area contributed by atoms with Gasteiger partial charge in [0.15, 0.2) is 0 Å². The van der Waals surface area contributed by atoms with Crippen molar-refractivity contribution in [1.29, 1.82) is 0 Å². The lowest BCUT2D eigenvalue weighted by Gasteiger charge is -2.23. The Morgan fingerprint density at radius 3 is 2.29 bits per heavy atom. The molecule has 0 saturated heterocycles. The molecule has 0 saturated carbocycles. The van der Waals surface area contributed by atoms with Gasteiger partial charge in [-0.3, -0.25) is 4.79 Å². The summed E-state index contributed by atoms with van der Waals surface area (Å²) in [5.41, 5.74) is 4.23. The van der Waals surface area contributed by atoms with E-state index in [1.165, 1.54) is 0 Å². The summed E-state index contributed by atoms with van der Waals surface area (Å²) in [5.74, 6) is -3.38. The summed E-state index contributed by atoms with van der Waals surface area (Å²) in [4.78, 5) is 11.4. The summed E-state index contributed by atoms with van der Waals surface area (Å²) in [6.07, 6.45) is 0.604. The Morgan fingerprint density at radius 2 is 1.93 bits per heavy atom. The van der Waals surface area contributed by atoms with Gasteiger partial charge in [-0.1, -0.05) is 20.8 Å². The van der Waals surface area contributed by atoms with Crippen LogP contribution < -0.4 is 11.1 Å². The van der Waals surface area contributed by atoms with Crippen molar-refractivity contribution in [2.24, 2.45) is 11.1 Å². The normalized spacial score (nSPS) is 12.7. The summed E-state index contributed by atoms with van der Waals surface area (Å²) in [6, 6.07) is 0. The minimum atomic E-state index is -3.01. The second-order valence-electron chi connectivity index (χ2n) is 3.98. The molecular weight excluding hydrogens is 190 g/mol. The number of amides is 1. The van der Waals surface area contributed by atoms with Crippen molar-refractivity contribution < 1.29 is 13.6 Å². The maximum atomic E-state index is 12.7. The van der Waals surface area contributed by atoms with Crippen LogP contribution in [0.1, 0.15) is 27.2 Å². The lowest BCUT2D eigenvalue weighted by molar-refractivity contribution is -0.131. The van der Waals surface area contributed by atoms with Gasteiger partial charge < -0.3 is 11.1 Å². The Kier molecular flexibility index (Phi) is 4.45. The first-order valence-electron chi connectivity index (χ1n) is 4.61. The van der Waals surface area contributed by atoms with Crippen molar-refractivity contribution in [3.8, 4) is 0 Å². The summed E-state index contributed by atoms with van der Waals surface area (Å²) in [6.45, 7) is 3.82. The van der Waals surface area contributed by atoms with Gasteiger partial charge in [0.1, 0.15) is 0 Å². The maximum absolute atomic E-state index is 12.7. The molecule has 3 N–H and O–H groups in total. The number of nitrogens with two attached hydrogens (primary N) is 1. The van der Waals surface area contributed by atoms with Gasteiger partial charge in [0, 0.05) is 5.41 Å². The summed E-state index contributed by atoms with van der Waals surface area (Å²) in [7, 11) is 0. The number of halogens is 2. The Balaban J connectivity index is 4.10. The molecule has 0 aromatic carbocycles. The Morgan fingerprint density at radius 1 is 1.43 bits per heavy atom. The lowest BCUT2D eigenvalue weighted by Crippen LogP contribution is -2.45. The van der Waals surface area contributed by atoms with Crippen LogP contribution in [0.3, 0.4) is 0 Å². The Hall–Kier alpha value is -0.710. The van der Waals surface area contributed by atoms with E-state index in [1.807, 2.05) is 6.92 Å². The van der Waals surface area contributed by atoms with Crippen LogP contribution in [0.5, 0.6) is 0 Å². The molecule has 3 nitrogen and oxygen atoms in total. The molecule has 0 aliphatic carbocycles. The predicted molar refractivity (Wildman–Crippen MR) is 51.1 cm³/mol. The van der Waals surface area contributed by atoms with Gasteiger partial charge in [0.25, 0.3) is 5.92 Å². The van der Waals surface area contributed by atoms with E-state index in [2.05, 4.69) is 5.32 Å². The van der Waals surface area contributed by atoms with Gasteiger partial charge in [0.2, 0.25) is 5.91 Å². The first-order valence-corrected chi connectivity index (χ1v) is 4.61. The van der Waals surface area contributed by atoms with Crippen LogP contribution in [0, 0.1) is 5.41 Å². The monoisotopic (exact) mass is 208 g/mol. The summed E-state index contributed by atoms with van der Waals surface area (Å²) in [5, 5.41) is 2.20. The zero-order valence-electron chi connectivity index (χ0n) is 8.86. The molecule has 0 bridgehead atoms. The fourth-order valence-corrected chi connectivity index (χ4v) is 0.682. The van der Waals surface area contributed by atoms with Crippen molar-refractivity contribution in [1.82, 2.24) is 5.32 Å². The van der Waals surface area contributed by atoms with Gasteiger partial charge in [-0.05, 0) is 6.42 Å². The Labute approximate surface area is 83.0 Å². The standard InChI is InChI=1S/C9H18F2N2O/c1-4-8(2,3)7(14)13-6-9(10,11)5-12/h4-6,12H2,1-3H3,(H,13,14). The molecule has 0 aromatic rings. The van der Waals surface area contributed by atoms with Crippen LogP contribution in [0.25, 0.3) is 0 Å². The highest BCUT2D eigenvalue weighted by atomic mass is 19.3. The largest absolute Gasteiger partial charge is 0.350 e. The van der Waals surface area contributed by atoms with E-state index < -0.39 is 24.4 Å². The summed E-state index contributed by atoms with van der Waals surface area (Å²) >= 11 is 0. The molecule has 14 heavy (non-hydrogen) atoms. The van der Waals surface area contributed by atoms with Gasteiger partial charge in [-0.2, -0.15) is 0 Å². The SMILES string of the molecule is CCC(C)(C)C(=O)NCC(F)(F)CN. The second kappa shape index (κ2) is 4.68. The zero-order chi connectivity index (χ0) is 11.4. The number of rotatable bonds is 5. The van der Waals surface area contributed by atoms with Crippen LogP contribution in [-0.2, 0) is 4.79 Å². The quantitative estimate of drug-likeness (QED) is 0.711. The molecule has 0 spiro atoms. The van der Waals surface area contributed by atoms with Crippen LogP contribution in [-0.4, -0.2) is 24.9 Å². The van der Waals surface area contributed by atoms with Gasteiger partial charge >= 0.3 is 0 Å². The topological polar surface area (TPSA) is 55.1 Å². The van der Waals surface area contributed by atoms with Gasteiger partial charge in [0.05, 0.1) is 13.1 Å².